The van der Waals surface area contributed by atoms with E-state index in [1.807, 2.05) is 0 Å². The van der Waals surface area contributed by atoms with Crippen molar-refractivity contribution in [2.45, 2.75) is 27.2 Å². The summed E-state index contributed by atoms with van der Waals surface area (Å²) in [6, 6.07) is 0. The Labute approximate surface area is 84.7 Å². The van der Waals surface area contributed by atoms with E-state index in [1.165, 1.54) is 4.31 Å². The molecular formula is C8H16N2O3S. The molecule has 1 amide bonds. The lowest BCUT2D eigenvalue weighted by atomic mass is 9.96. The monoisotopic (exact) mass is 220 g/mol. The summed E-state index contributed by atoms with van der Waals surface area (Å²) in [6.45, 7) is 6.04. The highest BCUT2D eigenvalue weighted by Crippen LogP contribution is 2.16. The Morgan fingerprint density at radius 1 is 1.29 bits per heavy atom. The molecule has 1 aliphatic heterocycles. The molecule has 82 valence electrons. The van der Waals surface area contributed by atoms with Gasteiger partial charge in [0.15, 0.2) is 0 Å². The Balaban J connectivity index is 2.64. The molecule has 1 fully saturated rings. The fourth-order valence-electron chi connectivity index (χ4n) is 0.862. The highest BCUT2D eigenvalue weighted by Gasteiger charge is 2.32. The highest BCUT2D eigenvalue weighted by atomic mass is 32.2. The van der Waals surface area contributed by atoms with Crippen molar-refractivity contribution in [3.05, 3.63) is 0 Å². The Morgan fingerprint density at radius 2 is 1.79 bits per heavy atom. The number of nitrogens with zero attached hydrogens (tertiary/aromatic N) is 1. The normalized spacial score (nSPS) is 18.8. The largest absolute Gasteiger partial charge is 0.303 e. The molecular weight excluding hydrogens is 204 g/mol. The Bertz CT molecular complexity index is 325. The average Bonchev–Trinajstić information content (AvgIpc) is 1.76. The van der Waals surface area contributed by atoms with Gasteiger partial charge in [-0.1, -0.05) is 20.8 Å². The van der Waals surface area contributed by atoms with Crippen LogP contribution in [0.5, 0.6) is 0 Å². The molecule has 0 aromatic carbocycles. The van der Waals surface area contributed by atoms with Crippen LogP contribution in [0.25, 0.3) is 0 Å². The first-order valence-electron chi connectivity index (χ1n) is 4.56. The van der Waals surface area contributed by atoms with Crippen LogP contribution in [-0.4, -0.2) is 31.7 Å². The molecule has 0 atom stereocenters. The molecule has 1 aliphatic rings. The van der Waals surface area contributed by atoms with Gasteiger partial charge >= 0.3 is 10.2 Å². The zero-order valence-electron chi connectivity index (χ0n) is 8.70. The van der Waals surface area contributed by atoms with Crippen LogP contribution in [0.15, 0.2) is 0 Å². The number of amides is 1. The van der Waals surface area contributed by atoms with Crippen LogP contribution in [-0.2, 0) is 15.0 Å². The SMILES string of the molecule is CC(C)(C)C(=O)NS(=O)(=O)N1CCC1. The van der Waals surface area contributed by atoms with Crippen LogP contribution < -0.4 is 4.72 Å². The van der Waals surface area contributed by atoms with Crippen molar-refractivity contribution in [1.29, 1.82) is 0 Å². The van der Waals surface area contributed by atoms with Crippen LogP contribution in [0.1, 0.15) is 27.2 Å². The van der Waals surface area contributed by atoms with E-state index >= 15 is 0 Å². The summed E-state index contributed by atoms with van der Waals surface area (Å²) in [5, 5.41) is 0. The van der Waals surface area contributed by atoms with Crippen molar-refractivity contribution < 1.29 is 13.2 Å². The van der Waals surface area contributed by atoms with E-state index in [1.54, 1.807) is 20.8 Å². The molecule has 14 heavy (non-hydrogen) atoms. The number of carbonyl (C=O) groups is 1. The van der Waals surface area contributed by atoms with Crippen LogP contribution in [0.2, 0.25) is 0 Å². The molecule has 0 aromatic heterocycles. The molecule has 1 rings (SSSR count). The van der Waals surface area contributed by atoms with Crippen molar-refractivity contribution in [1.82, 2.24) is 9.03 Å². The first kappa shape index (κ1) is 11.5. The molecule has 0 spiro atoms. The van der Waals surface area contributed by atoms with E-state index in [4.69, 9.17) is 0 Å². The molecule has 1 heterocycles. The smallest absolute Gasteiger partial charge is 0.273 e. The third-order valence-electron chi connectivity index (χ3n) is 2.06. The number of nitrogens with one attached hydrogen (secondary N) is 1. The van der Waals surface area contributed by atoms with Crippen molar-refractivity contribution in [2.24, 2.45) is 5.41 Å². The van der Waals surface area contributed by atoms with E-state index in [9.17, 15) is 13.2 Å². The molecule has 0 bridgehead atoms. The van der Waals surface area contributed by atoms with Gasteiger partial charge in [-0.15, -0.1) is 0 Å². The molecule has 0 aliphatic carbocycles. The molecule has 0 radical (unpaired) electrons. The molecule has 0 aromatic rings. The van der Waals surface area contributed by atoms with Crippen LogP contribution >= 0.6 is 0 Å². The minimum Gasteiger partial charge on any atom is -0.273 e. The maximum Gasteiger partial charge on any atom is 0.303 e. The Kier molecular flexibility index (Phi) is 2.87. The van der Waals surface area contributed by atoms with E-state index in [-0.39, 0.29) is 0 Å². The maximum absolute atomic E-state index is 11.5. The molecule has 6 heteroatoms. The van der Waals surface area contributed by atoms with Gasteiger partial charge in [0.05, 0.1) is 0 Å². The van der Waals surface area contributed by atoms with Gasteiger partial charge < -0.3 is 0 Å². The second-order valence-corrected chi connectivity index (χ2v) is 6.11. The lowest BCUT2D eigenvalue weighted by molar-refractivity contribution is -0.126. The van der Waals surface area contributed by atoms with E-state index < -0.39 is 21.5 Å². The quantitative estimate of drug-likeness (QED) is 0.717. The summed E-state index contributed by atoms with van der Waals surface area (Å²) < 4.78 is 26.2. The zero-order chi connectivity index (χ0) is 11.0. The summed E-state index contributed by atoms with van der Waals surface area (Å²) >= 11 is 0. The fourth-order valence-corrected chi connectivity index (χ4v) is 2.27. The van der Waals surface area contributed by atoms with Crippen molar-refractivity contribution in [2.75, 3.05) is 13.1 Å². The second-order valence-electron chi connectivity index (χ2n) is 4.44. The molecule has 5 nitrogen and oxygen atoms in total. The third kappa shape index (κ3) is 2.45. The summed E-state index contributed by atoms with van der Waals surface area (Å²) in [5.74, 6) is -0.468. The second kappa shape index (κ2) is 3.51. The van der Waals surface area contributed by atoms with Crippen LogP contribution in [0, 0.1) is 5.41 Å². The van der Waals surface area contributed by atoms with Crippen molar-refractivity contribution in [3.8, 4) is 0 Å². The number of hydrogen-bond donors (Lipinski definition) is 1. The van der Waals surface area contributed by atoms with E-state index in [2.05, 4.69) is 4.72 Å². The maximum atomic E-state index is 11.5. The number of hydrogen-bond acceptors (Lipinski definition) is 3. The van der Waals surface area contributed by atoms with Gasteiger partial charge in [0.25, 0.3) is 0 Å². The topological polar surface area (TPSA) is 66.5 Å². The van der Waals surface area contributed by atoms with Gasteiger partial charge in [-0.3, -0.25) is 4.79 Å². The summed E-state index contributed by atoms with van der Waals surface area (Å²) in [7, 11) is -3.57. The molecule has 1 N–H and O–H groups in total. The number of carbonyl (C=O) groups excluding carboxylic acids is 1. The van der Waals surface area contributed by atoms with Gasteiger partial charge in [-0.05, 0) is 6.42 Å². The van der Waals surface area contributed by atoms with Crippen molar-refractivity contribution in [3.63, 3.8) is 0 Å². The first-order chi connectivity index (χ1) is 6.23. The minimum absolute atomic E-state index is 0.468. The highest BCUT2D eigenvalue weighted by molar-refractivity contribution is 7.87. The Hall–Kier alpha value is -0.620. The summed E-state index contributed by atoms with van der Waals surface area (Å²) in [4.78, 5) is 11.4. The summed E-state index contributed by atoms with van der Waals surface area (Å²) in [6.07, 6.45) is 0.866. The average molecular weight is 220 g/mol. The zero-order valence-corrected chi connectivity index (χ0v) is 9.52. The molecule has 0 unspecified atom stereocenters. The van der Waals surface area contributed by atoms with Gasteiger partial charge in [-0.2, -0.15) is 12.7 Å². The Morgan fingerprint density at radius 3 is 2.07 bits per heavy atom. The predicted octanol–water partition coefficient (Wildman–Crippen LogP) is 0.0992. The van der Waals surface area contributed by atoms with Crippen molar-refractivity contribution >= 4 is 16.1 Å². The molecule has 1 saturated heterocycles. The standard InChI is InChI=1S/C8H16N2O3S/c1-8(2,3)7(11)9-14(12,13)10-5-4-6-10/h4-6H2,1-3H3,(H,9,11). The fraction of sp³-hybridized carbons (Fsp3) is 0.875. The predicted molar refractivity (Wildman–Crippen MR) is 52.7 cm³/mol. The third-order valence-corrected chi connectivity index (χ3v) is 3.55. The van der Waals surface area contributed by atoms with Crippen LogP contribution in [0.3, 0.4) is 0 Å². The number of rotatable bonds is 2. The lowest BCUT2D eigenvalue weighted by Gasteiger charge is -2.30. The van der Waals surface area contributed by atoms with Gasteiger partial charge in [0.2, 0.25) is 5.91 Å². The minimum atomic E-state index is -3.57. The van der Waals surface area contributed by atoms with Crippen LogP contribution in [0.4, 0.5) is 0 Å². The van der Waals surface area contributed by atoms with Gasteiger partial charge in [0.1, 0.15) is 0 Å². The lowest BCUT2D eigenvalue weighted by Crippen LogP contribution is -2.51. The molecule has 0 saturated carbocycles. The van der Waals surface area contributed by atoms with Gasteiger partial charge in [-0.25, -0.2) is 4.72 Å². The van der Waals surface area contributed by atoms with E-state index in [0.29, 0.717) is 13.1 Å². The first-order valence-corrected chi connectivity index (χ1v) is 6.00. The van der Waals surface area contributed by atoms with Gasteiger partial charge in [0, 0.05) is 18.5 Å². The van der Waals surface area contributed by atoms with E-state index in [0.717, 1.165) is 6.42 Å². The summed E-state index contributed by atoms with van der Waals surface area (Å²) in [5.41, 5.74) is -0.683.